The van der Waals surface area contributed by atoms with Crippen LogP contribution in [0, 0.1) is 0 Å². The zero-order valence-electron chi connectivity index (χ0n) is 19.5. The first kappa shape index (κ1) is 25.8. The van der Waals surface area contributed by atoms with Crippen molar-refractivity contribution >= 4 is 35.0 Å². The minimum atomic E-state index is -0.682. The molecule has 1 atom stereocenters. The molecule has 0 radical (unpaired) electrons. The fraction of sp³-hybridized carbons (Fsp3) is 0.286. The maximum Gasteiger partial charge on any atom is 0.242 e. The Bertz CT molecular complexity index is 1030. The zero-order chi connectivity index (χ0) is 24.5. The fourth-order valence-electron chi connectivity index (χ4n) is 3.92. The molecule has 0 saturated heterocycles. The summed E-state index contributed by atoms with van der Waals surface area (Å²) < 4.78 is 0. The maximum absolute atomic E-state index is 13.8. The second-order valence-electron chi connectivity index (χ2n) is 8.27. The smallest absolute Gasteiger partial charge is 0.242 e. The van der Waals surface area contributed by atoms with Crippen LogP contribution >= 0.6 is 23.2 Å². The number of amides is 2. The standard InChI is InChI=1S/C28H30Cl2N2O2/c1-3-17-31-28(34)20(2)32(19-24-25(29)15-10-16-26(24)30)27(33)18-23(21-11-6-4-7-12-21)22-13-8-5-9-14-22/h4-16,20,23H,3,17-19H2,1-2H3,(H,31,34)/t20-/m1/s1. The summed E-state index contributed by atoms with van der Waals surface area (Å²) >= 11 is 12.8. The van der Waals surface area contributed by atoms with Gasteiger partial charge in [-0.2, -0.15) is 0 Å². The van der Waals surface area contributed by atoms with Gasteiger partial charge in [-0.1, -0.05) is 96.9 Å². The van der Waals surface area contributed by atoms with Gasteiger partial charge in [-0.15, -0.1) is 0 Å². The van der Waals surface area contributed by atoms with Gasteiger partial charge in [0.1, 0.15) is 6.04 Å². The molecule has 3 aromatic rings. The predicted octanol–water partition coefficient (Wildman–Crippen LogP) is 6.46. The summed E-state index contributed by atoms with van der Waals surface area (Å²) in [6, 6.07) is 24.5. The van der Waals surface area contributed by atoms with E-state index < -0.39 is 6.04 Å². The number of nitrogens with one attached hydrogen (secondary N) is 1. The van der Waals surface area contributed by atoms with E-state index in [0.29, 0.717) is 22.2 Å². The third kappa shape index (κ3) is 6.62. The van der Waals surface area contributed by atoms with Crippen LogP contribution in [0.1, 0.15) is 49.3 Å². The van der Waals surface area contributed by atoms with Crippen LogP contribution in [0.2, 0.25) is 10.0 Å². The molecule has 0 spiro atoms. The summed E-state index contributed by atoms with van der Waals surface area (Å²) in [7, 11) is 0. The lowest BCUT2D eigenvalue weighted by molar-refractivity contribution is -0.140. The molecule has 2 amide bonds. The Morgan fingerprint density at radius 3 is 1.88 bits per heavy atom. The molecule has 178 valence electrons. The van der Waals surface area contributed by atoms with Gasteiger partial charge in [-0.25, -0.2) is 0 Å². The van der Waals surface area contributed by atoms with E-state index in [-0.39, 0.29) is 30.7 Å². The van der Waals surface area contributed by atoms with Gasteiger partial charge >= 0.3 is 0 Å². The van der Waals surface area contributed by atoms with Crippen molar-refractivity contribution in [3.8, 4) is 0 Å². The number of benzene rings is 3. The molecule has 0 fully saturated rings. The molecule has 3 rings (SSSR count). The second-order valence-corrected chi connectivity index (χ2v) is 9.08. The van der Waals surface area contributed by atoms with Crippen molar-refractivity contribution in [2.24, 2.45) is 0 Å². The van der Waals surface area contributed by atoms with Crippen molar-refractivity contribution < 1.29 is 9.59 Å². The highest BCUT2D eigenvalue weighted by molar-refractivity contribution is 6.36. The van der Waals surface area contributed by atoms with Gasteiger partial charge in [0, 0.05) is 41.0 Å². The highest BCUT2D eigenvalue weighted by Gasteiger charge is 2.29. The van der Waals surface area contributed by atoms with Gasteiger partial charge in [-0.3, -0.25) is 9.59 Å². The molecule has 0 bridgehead atoms. The van der Waals surface area contributed by atoms with Crippen LogP contribution in [-0.2, 0) is 16.1 Å². The van der Waals surface area contributed by atoms with E-state index in [0.717, 1.165) is 17.5 Å². The summed E-state index contributed by atoms with van der Waals surface area (Å²) in [5, 5.41) is 3.83. The van der Waals surface area contributed by atoms with Crippen LogP contribution in [0.5, 0.6) is 0 Å². The molecule has 0 aliphatic heterocycles. The molecule has 1 N–H and O–H groups in total. The molecule has 0 heterocycles. The van der Waals surface area contributed by atoms with Crippen LogP contribution in [-0.4, -0.2) is 29.3 Å². The first-order valence-electron chi connectivity index (χ1n) is 11.5. The van der Waals surface area contributed by atoms with E-state index in [1.54, 1.807) is 30.0 Å². The molecule has 0 aliphatic carbocycles. The summed E-state index contributed by atoms with van der Waals surface area (Å²) in [5.41, 5.74) is 2.71. The maximum atomic E-state index is 13.8. The van der Waals surface area contributed by atoms with Gasteiger partial charge in [0.15, 0.2) is 0 Å². The molecule has 0 unspecified atom stereocenters. The average Bonchev–Trinajstić information content (AvgIpc) is 2.86. The van der Waals surface area contributed by atoms with Crippen LogP contribution < -0.4 is 5.32 Å². The Kier molecular flexibility index (Phi) is 9.55. The summed E-state index contributed by atoms with van der Waals surface area (Å²) in [5.74, 6) is -0.493. The Balaban J connectivity index is 1.94. The van der Waals surface area contributed by atoms with Crippen molar-refractivity contribution in [2.45, 2.75) is 45.2 Å². The molecule has 34 heavy (non-hydrogen) atoms. The topological polar surface area (TPSA) is 49.4 Å². The molecule has 0 saturated carbocycles. The van der Waals surface area contributed by atoms with Gasteiger partial charge < -0.3 is 10.2 Å². The Labute approximate surface area is 211 Å². The quantitative estimate of drug-likeness (QED) is 0.350. The van der Waals surface area contributed by atoms with E-state index in [1.165, 1.54) is 0 Å². The van der Waals surface area contributed by atoms with E-state index >= 15 is 0 Å². The molecular formula is C28H30Cl2N2O2. The SMILES string of the molecule is CCCNC(=O)[C@@H](C)N(Cc1c(Cl)cccc1Cl)C(=O)CC(c1ccccc1)c1ccccc1. The number of hydrogen-bond acceptors (Lipinski definition) is 2. The number of carbonyl (C=O) groups excluding carboxylic acids is 2. The fourth-order valence-corrected chi connectivity index (χ4v) is 4.44. The van der Waals surface area contributed by atoms with Crippen LogP contribution in [0.25, 0.3) is 0 Å². The monoisotopic (exact) mass is 496 g/mol. The van der Waals surface area contributed by atoms with Crippen LogP contribution in [0.4, 0.5) is 0 Å². The second kappa shape index (κ2) is 12.6. The number of halogens is 2. The minimum absolute atomic E-state index is 0.146. The summed E-state index contributed by atoms with van der Waals surface area (Å²) in [6.07, 6.45) is 1.02. The Morgan fingerprint density at radius 2 is 1.38 bits per heavy atom. The van der Waals surface area contributed by atoms with Gasteiger partial charge in [0.05, 0.1) is 0 Å². The molecule has 6 heteroatoms. The highest BCUT2D eigenvalue weighted by Crippen LogP contribution is 2.31. The average molecular weight is 497 g/mol. The van der Waals surface area contributed by atoms with Gasteiger partial charge in [-0.05, 0) is 36.6 Å². The molecule has 4 nitrogen and oxygen atoms in total. The molecular weight excluding hydrogens is 467 g/mol. The van der Waals surface area contributed by atoms with Gasteiger partial charge in [0.2, 0.25) is 11.8 Å². The predicted molar refractivity (Wildman–Crippen MR) is 139 cm³/mol. The molecule has 0 aliphatic rings. The van der Waals surface area contributed by atoms with E-state index in [1.807, 2.05) is 67.6 Å². The van der Waals surface area contributed by atoms with E-state index in [2.05, 4.69) is 5.32 Å². The Morgan fingerprint density at radius 1 is 0.853 bits per heavy atom. The van der Waals surface area contributed by atoms with Crippen molar-refractivity contribution in [3.63, 3.8) is 0 Å². The highest BCUT2D eigenvalue weighted by atomic mass is 35.5. The van der Waals surface area contributed by atoms with Crippen molar-refractivity contribution in [3.05, 3.63) is 106 Å². The number of carbonyl (C=O) groups is 2. The van der Waals surface area contributed by atoms with E-state index in [4.69, 9.17) is 23.2 Å². The largest absolute Gasteiger partial charge is 0.354 e. The van der Waals surface area contributed by atoms with Crippen LogP contribution in [0.15, 0.2) is 78.9 Å². The summed E-state index contributed by atoms with van der Waals surface area (Å²) in [4.78, 5) is 28.2. The molecule has 0 aromatic heterocycles. The van der Waals surface area contributed by atoms with Crippen molar-refractivity contribution in [1.29, 1.82) is 0 Å². The minimum Gasteiger partial charge on any atom is -0.354 e. The van der Waals surface area contributed by atoms with Gasteiger partial charge in [0.25, 0.3) is 0 Å². The number of hydrogen-bond donors (Lipinski definition) is 1. The van der Waals surface area contributed by atoms with Crippen LogP contribution in [0.3, 0.4) is 0 Å². The zero-order valence-corrected chi connectivity index (χ0v) is 21.0. The van der Waals surface area contributed by atoms with E-state index in [9.17, 15) is 9.59 Å². The summed E-state index contributed by atoms with van der Waals surface area (Å²) in [6.45, 7) is 4.43. The third-order valence-electron chi connectivity index (χ3n) is 5.89. The lowest BCUT2D eigenvalue weighted by Crippen LogP contribution is -2.48. The lowest BCUT2D eigenvalue weighted by Gasteiger charge is -2.31. The Hall–Kier alpha value is -2.82. The number of nitrogens with zero attached hydrogens (tertiary/aromatic N) is 1. The lowest BCUT2D eigenvalue weighted by atomic mass is 9.88. The number of rotatable bonds is 10. The first-order valence-corrected chi connectivity index (χ1v) is 12.3. The normalized spacial score (nSPS) is 11.8. The van der Waals surface area contributed by atoms with Crippen molar-refractivity contribution in [2.75, 3.05) is 6.54 Å². The third-order valence-corrected chi connectivity index (χ3v) is 6.60. The first-order chi connectivity index (χ1) is 16.4. The van der Waals surface area contributed by atoms with Crippen molar-refractivity contribution in [1.82, 2.24) is 10.2 Å². The molecule has 3 aromatic carbocycles.